The average Bonchev–Trinajstić information content (AvgIpc) is 2.73. The van der Waals surface area contributed by atoms with Crippen LogP contribution in [0.25, 0.3) is 22.1 Å². The number of methoxy groups -OCH3 is 2. The van der Waals surface area contributed by atoms with Gasteiger partial charge in [-0.1, -0.05) is 6.07 Å². The van der Waals surface area contributed by atoms with E-state index < -0.39 is 0 Å². The zero-order valence-electron chi connectivity index (χ0n) is 15.7. The number of benzene rings is 2. The molecule has 1 N–H and O–H groups in total. The maximum absolute atomic E-state index is 13.1. The van der Waals surface area contributed by atoms with Crippen LogP contribution < -0.4 is 19.6 Å². The summed E-state index contributed by atoms with van der Waals surface area (Å²) in [6, 6.07) is 8.83. The van der Waals surface area contributed by atoms with E-state index in [1.165, 1.54) is 6.26 Å². The zero-order chi connectivity index (χ0) is 19.7. The van der Waals surface area contributed by atoms with Crippen molar-refractivity contribution in [2.24, 2.45) is 0 Å². The molecule has 1 aliphatic rings. The molecule has 0 saturated heterocycles. The normalized spacial score (nSPS) is 13.8. The number of aliphatic hydroxyl groups excluding tert-OH is 1. The summed E-state index contributed by atoms with van der Waals surface area (Å²) in [5.41, 5.74) is 2.32. The van der Waals surface area contributed by atoms with E-state index in [1.807, 2.05) is 4.90 Å². The lowest BCUT2D eigenvalue weighted by molar-refractivity contribution is 0.0774. The van der Waals surface area contributed by atoms with E-state index >= 15 is 0 Å². The molecule has 0 radical (unpaired) electrons. The Balaban J connectivity index is 1.82. The second kappa shape index (κ2) is 7.53. The summed E-state index contributed by atoms with van der Waals surface area (Å²) in [5.74, 6) is 1.83. The van der Waals surface area contributed by atoms with Gasteiger partial charge in [-0.05, 0) is 29.8 Å². The highest BCUT2D eigenvalue weighted by atomic mass is 16.5. The van der Waals surface area contributed by atoms with Crippen molar-refractivity contribution in [1.29, 1.82) is 0 Å². The standard InChI is InChI=1S/C21H21NO6/c1-25-18-5-3-13(9-19(18)26-2)16-11-27-21-14(20(16)24)4-6-17-15(21)10-22(7-8-23)12-28-17/h3-6,9,11,23H,7-8,10,12H2,1-2H3. The Kier molecular flexibility index (Phi) is 4.93. The Morgan fingerprint density at radius 2 is 1.96 bits per heavy atom. The Morgan fingerprint density at radius 3 is 2.71 bits per heavy atom. The number of hydrogen-bond acceptors (Lipinski definition) is 7. The molecule has 7 nitrogen and oxygen atoms in total. The fourth-order valence-electron chi connectivity index (χ4n) is 3.44. The first-order valence-electron chi connectivity index (χ1n) is 8.92. The number of aliphatic hydroxyl groups is 1. The van der Waals surface area contributed by atoms with Crippen molar-refractivity contribution in [3.63, 3.8) is 0 Å². The highest BCUT2D eigenvalue weighted by Crippen LogP contribution is 2.34. The van der Waals surface area contributed by atoms with E-state index in [-0.39, 0.29) is 12.0 Å². The van der Waals surface area contributed by atoms with Crippen LogP contribution in [0.2, 0.25) is 0 Å². The maximum atomic E-state index is 13.1. The Morgan fingerprint density at radius 1 is 1.14 bits per heavy atom. The fourth-order valence-corrected chi connectivity index (χ4v) is 3.44. The third kappa shape index (κ3) is 3.08. The summed E-state index contributed by atoms with van der Waals surface area (Å²) in [6.45, 7) is 1.47. The van der Waals surface area contributed by atoms with Crippen molar-refractivity contribution >= 4 is 11.0 Å². The van der Waals surface area contributed by atoms with Gasteiger partial charge in [-0.3, -0.25) is 9.69 Å². The van der Waals surface area contributed by atoms with E-state index in [0.29, 0.717) is 59.2 Å². The number of nitrogens with zero attached hydrogens (tertiary/aromatic N) is 1. The molecule has 0 spiro atoms. The van der Waals surface area contributed by atoms with Crippen LogP contribution in [0.3, 0.4) is 0 Å². The minimum absolute atomic E-state index is 0.0386. The molecule has 2 aromatic carbocycles. The van der Waals surface area contributed by atoms with Gasteiger partial charge in [0.1, 0.15) is 24.3 Å². The van der Waals surface area contributed by atoms with Gasteiger partial charge in [0, 0.05) is 13.1 Å². The van der Waals surface area contributed by atoms with Gasteiger partial charge in [-0.2, -0.15) is 0 Å². The molecule has 2 heterocycles. The van der Waals surface area contributed by atoms with Crippen LogP contribution in [-0.4, -0.2) is 44.1 Å². The van der Waals surface area contributed by atoms with Crippen molar-refractivity contribution in [3.8, 4) is 28.4 Å². The summed E-state index contributed by atoms with van der Waals surface area (Å²) in [6.07, 6.45) is 1.47. The first-order valence-corrected chi connectivity index (χ1v) is 8.92. The summed E-state index contributed by atoms with van der Waals surface area (Å²) in [4.78, 5) is 15.1. The maximum Gasteiger partial charge on any atom is 0.200 e. The molecule has 146 valence electrons. The van der Waals surface area contributed by atoms with Crippen LogP contribution >= 0.6 is 0 Å². The van der Waals surface area contributed by atoms with E-state index in [0.717, 1.165) is 5.56 Å². The van der Waals surface area contributed by atoms with Crippen molar-refractivity contribution in [1.82, 2.24) is 4.90 Å². The largest absolute Gasteiger partial charge is 0.493 e. The Bertz CT molecular complexity index is 1070. The lowest BCUT2D eigenvalue weighted by atomic mass is 10.0. The topological polar surface area (TPSA) is 81.4 Å². The van der Waals surface area contributed by atoms with Crippen LogP contribution in [0.15, 0.2) is 45.8 Å². The second-order valence-corrected chi connectivity index (χ2v) is 6.52. The summed E-state index contributed by atoms with van der Waals surface area (Å²) in [7, 11) is 3.11. The number of fused-ring (bicyclic) bond motifs is 3. The quantitative estimate of drug-likeness (QED) is 0.725. The van der Waals surface area contributed by atoms with Crippen LogP contribution in [0.5, 0.6) is 17.2 Å². The first kappa shape index (κ1) is 18.3. The van der Waals surface area contributed by atoms with Gasteiger partial charge in [-0.25, -0.2) is 0 Å². The summed E-state index contributed by atoms with van der Waals surface area (Å²) >= 11 is 0. The highest BCUT2D eigenvalue weighted by Gasteiger charge is 2.22. The van der Waals surface area contributed by atoms with Crippen LogP contribution in [0, 0.1) is 0 Å². The molecular weight excluding hydrogens is 362 g/mol. The van der Waals surface area contributed by atoms with E-state index in [4.69, 9.17) is 18.6 Å². The fraction of sp³-hybridized carbons (Fsp3) is 0.286. The SMILES string of the molecule is COc1ccc(-c2coc3c4c(ccc3c2=O)OCN(CCO)C4)cc1OC. The van der Waals surface area contributed by atoms with E-state index in [2.05, 4.69) is 0 Å². The highest BCUT2D eigenvalue weighted by molar-refractivity contribution is 5.86. The van der Waals surface area contributed by atoms with Gasteiger partial charge in [-0.15, -0.1) is 0 Å². The number of hydrogen-bond donors (Lipinski definition) is 1. The predicted molar refractivity (Wildman–Crippen MR) is 104 cm³/mol. The van der Waals surface area contributed by atoms with E-state index in [9.17, 15) is 9.90 Å². The third-order valence-corrected chi connectivity index (χ3v) is 4.90. The number of rotatable bonds is 5. The van der Waals surface area contributed by atoms with Gasteiger partial charge in [0.05, 0.1) is 37.3 Å². The summed E-state index contributed by atoms with van der Waals surface area (Å²) < 4.78 is 22.2. The molecule has 3 aromatic rings. The van der Waals surface area contributed by atoms with Gasteiger partial charge in [0.25, 0.3) is 0 Å². The minimum atomic E-state index is -0.129. The molecule has 0 saturated carbocycles. The molecule has 4 rings (SSSR count). The van der Waals surface area contributed by atoms with Crippen LogP contribution in [0.1, 0.15) is 5.56 Å². The smallest absolute Gasteiger partial charge is 0.200 e. The number of β-amino-alcohol motifs (C(OH)–C–C–N with tert-alkyl or cyclic N) is 1. The molecule has 0 aliphatic carbocycles. The number of ether oxygens (including phenoxy) is 3. The minimum Gasteiger partial charge on any atom is -0.493 e. The van der Waals surface area contributed by atoms with Gasteiger partial charge in [0.2, 0.25) is 5.43 Å². The summed E-state index contributed by atoms with van der Waals surface area (Å²) in [5, 5.41) is 9.66. The monoisotopic (exact) mass is 383 g/mol. The molecule has 1 aliphatic heterocycles. The average molecular weight is 383 g/mol. The lowest BCUT2D eigenvalue weighted by Gasteiger charge is -2.28. The zero-order valence-corrected chi connectivity index (χ0v) is 15.7. The first-order chi connectivity index (χ1) is 13.7. The molecule has 0 amide bonds. The van der Waals surface area contributed by atoms with Crippen LogP contribution in [0.4, 0.5) is 0 Å². The Hall–Kier alpha value is -3.03. The van der Waals surface area contributed by atoms with Gasteiger partial charge >= 0.3 is 0 Å². The molecule has 0 fully saturated rings. The van der Waals surface area contributed by atoms with Crippen molar-refractivity contribution in [3.05, 3.63) is 52.4 Å². The van der Waals surface area contributed by atoms with Crippen molar-refractivity contribution in [2.45, 2.75) is 6.54 Å². The molecule has 28 heavy (non-hydrogen) atoms. The lowest BCUT2D eigenvalue weighted by Crippen LogP contribution is -2.34. The van der Waals surface area contributed by atoms with Gasteiger partial charge < -0.3 is 23.7 Å². The Labute approximate surface area is 161 Å². The molecule has 0 bridgehead atoms. The molecular formula is C21H21NO6. The molecule has 1 aromatic heterocycles. The molecule has 7 heteroatoms. The van der Waals surface area contributed by atoms with E-state index in [1.54, 1.807) is 44.6 Å². The second-order valence-electron chi connectivity index (χ2n) is 6.52. The molecule has 0 atom stereocenters. The van der Waals surface area contributed by atoms with Gasteiger partial charge in [0.15, 0.2) is 11.5 Å². The third-order valence-electron chi connectivity index (χ3n) is 4.90. The van der Waals surface area contributed by atoms with Crippen molar-refractivity contribution < 1.29 is 23.7 Å². The molecule has 0 unspecified atom stereocenters. The van der Waals surface area contributed by atoms with Crippen molar-refractivity contribution in [2.75, 3.05) is 34.1 Å². The predicted octanol–water partition coefficient (Wildman–Crippen LogP) is 2.62. The van der Waals surface area contributed by atoms with Crippen LogP contribution in [-0.2, 0) is 6.54 Å².